The van der Waals surface area contributed by atoms with Gasteiger partial charge in [-0.1, -0.05) is 0 Å². The van der Waals surface area contributed by atoms with Crippen molar-refractivity contribution >= 4 is 17.5 Å². The van der Waals surface area contributed by atoms with Crippen LogP contribution < -0.4 is 5.32 Å². The summed E-state index contributed by atoms with van der Waals surface area (Å²) in [5, 5.41) is 13.1. The molecule has 7 heteroatoms. The number of nitro benzene ring substituents is 1. The van der Waals surface area contributed by atoms with E-state index in [9.17, 15) is 14.9 Å². The molecule has 0 fully saturated rings. The molecule has 1 amide bonds. The van der Waals surface area contributed by atoms with Gasteiger partial charge in [-0.3, -0.25) is 20.2 Å². The fourth-order valence-electron chi connectivity index (χ4n) is 1.39. The third-order valence-corrected chi connectivity index (χ3v) is 2.39. The quantitative estimate of drug-likeness (QED) is 0.657. The summed E-state index contributed by atoms with van der Waals surface area (Å²) in [5.41, 5.74) is 0.284. The number of hydrogen-bond donors (Lipinski definition) is 1. The fraction of sp³-hybridized carbons (Fsp3) is 0.0909. The highest BCUT2D eigenvalue weighted by Gasteiger charge is 2.11. The van der Waals surface area contributed by atoms with Gasteiger partial charge in [0, 0.05) is 37.1 Å². The van der Waals surface area contributed by atoms with Crippen LogP contribution in [0.15, 0.2) is 36.7 Å². The Balaban J connectivity index is 2.14. The average Bonchev–Trinajstić information content (AvgIpc) is 2.75. The van der Waals surface area contributed by atoms with E-state index in [1.165, 1.54) is 24.3 Å². The number of imidazole rings is 1. The first-order chi connectivity index (χ1) is 8.58. The van der Waals surface area contributed by atoms with E-state index < -0.39 is 4.92 Å². The predicted molar refractivity (Wildman–Crippen MR) is 64.3 cm³/mol. The highest BCUT2D eigenvalue weighted by atomic mass is 16.6. The van der Waals surface area contributed by atoms with E-state index in [2.05, 4.69) is 10.3 Å². The lowest BCUT2D eigenvalue weighted by Crippen LogP contribution is -2.14. The zero-order valence-corrected chi connectivity index (χ0v) is 9.53. The van der Waals surface area contributed by atoms with Crippen molar-refractivity contribution in [2.45, 2.75) is 0 Å². The number of non-ortho nitro benzene ring substituents is 1. The van der Waals surface area contributed by atoms with E-state index in [-0.39, 0.29) is 11.6 Å². The number of nitrogens with zero attached hydrogens (tertiary/aromatic N) is 3. The molecule has 2 rings (SSSR count). The Labute approximate surface area is 102 Å². The SMILES string of the molecule is Cn1ccnc1NC(=O)c1ccc([N+](=O)[O-])cc1. The zero-order chi connectivity index (χ0) is 13.1. The Hall–Kier alpha value is -2.70. The lowest BCUT2D eigenvalue weighted by Gasteiger charge is -2.04. The molecule has 0 spiro atoms. The first kappa shape index (κ1) is 11.8. The normalized spacial score (nSPS) is 10.1. The Kier molecular flexibility index (Phi) is 3.05. The second-order valence-electron chi connectivity index (χ2n) is 3.62. The standard InChI is InChI=1S/C11H10N4O3/c1-14-7-6-12-11(14)13-10(16)8-2-4-9(5-3-8)15(17)18/h2-7H,1H3,(H,12,13,16). The first-order valence-corrected chi connectivity index (χ1v) is 5.11. The number of carbonyl (C=O) groups is 1. The van der Waals surface area contributed by atoms with Crippen molar-refractivity contribution in [1.29, 1.82) is 0 Å². The van der Waals surface area contributed by atoms with Gasteiger partial charge in [0.15, 0.2) is 0 Å². The third kappa shape index (κ3) is 2.34. The molecule has 0 unspecified atom stereocenters. The van der Waals surface area contributed by atoms with Crippen LogP contribution in [0.2, 0.25) is 0 Å². The summed E-state index contributed by atoms with van der Waals surface area (Å²) in [4.78, 5) is 25.7. The molecule has 0 saturated heterocycles. The Morgan fingerprint density at radius 3 is 2.56 bits per heavy atom. The maximum Gasteiger partial charge on any atom is 0.269 e. The van der Waals surface area contributed by atoms with Crippen molar-refractivity contribution < 1.29 is 9.72 Å². The number of aromatic nitrogens is 2. The molecule has 1 aromatic heterocycles. The van der Waals surface area contributed by atoms with E-state index in [0.717, 1.165) is 0 Å². The molecule has 1 aromatic carbocycles. The molecular weight excluding hydrogens is 236 g/mol. The maximum absolute atomic E-state index is 11.8. The second kappa shape index (κ2) is 4.66. The van der Waals surface area contributed by atoms with E-state index in [1.54, 1.807) is 24.0 Å². The largest absolute Gasteiger partial charge is 0.320 e. The number of anilines is 1. The van der Waals surface area contributed by atoms with Crippen LogP contribution in [-0.4, -0.2) is 20.4 Å². The Morgan fingerprint density at radius 1 is 1.39 bits per heavy atom. The fourth-order valence-corrected chi connectivity index (χ4v) is 1.39. The number of aryl methyl sites for hydroxylation is 1. The lowest BCUT2D eigenvalue weighted by molar-refractivity contribution is -0.384. The zero-order valence-electron chi connectivity index (χ0n) is 9.53. The van der Waals surface area contributed by atoms with Gasteiger partial charge >= 0.3 is 0 Å². The van der Waals surface area contributed by atoms with Crippen LogP contribution in [-0.2, 0) is 7.05 Å². The average molecular weight is 246 g/mol. The van der Waals surface area contributed by atoms with Crippen molar-refractivity contribution in [2.24, 2.45) is 7.05 Å². The number of nitro groups is 1. The van der Waals surface area contributed by atoms with Crippen LogP contribution in [0, 0.1) is 10.1 Å². The van der Waals surface area contributed by atoms with Gasteiger partial charge in [0.1, 0.15) is 0 Å². The number of nitrogens with one attached hydrogen (secondary N) is 1. The molecule has 1 N–H and O–H groups in total. The molecule has 0 aliphatic heterocycles. The van der Waals surface area contributed by atoms with Gasteiger partial charge in [-0.25, -0.2) is 4.98 Å². The molecule has 0 saturated carbocycles. The van der Waals surface area contributed by atoms with Crippen LogP contribution in [0.5, 0.6) is 0 Å². The number of rotatable bonds is 3. The Bertz CT molecular complexity index is 589. The number of carbonyl (C=O) groups excluding carboxylic acids is 1. The minimum Gasteiger partial charge on any atom is -0.320 e. The van der Waals surface area contributed by atoms with Crippen molar-refractivity contribution in [3.63, 3.8) is 0 Å². The van der Waals surface area contributed by atoms with Gasteiger partial charge in [-0.2, -0.15) is 0 Å². The number of amides is 1. The predicted octanol–water partition coefficient (Wildman–Crippen LogP) is 1.58. The molecule has 92 valence electrons. The summed E-state index contributed by atoms with van der Waals surface area (Å²) in [7, 11) is 1.75. The van der Waals surface area contributed by atoms with Crippen LogP contribution in [0.25, 0.3) is 0 Å². The lowest BCUT2D eigenvalue weighted by atomic mass is 10.2. The monoisotopic (exact) mass is 246 g/mol. The number of hydrogen-bond acceptors (Lipinski definition) is 4. The smallest absolute Gasteiger partial charge is 0.269 e. The summed E-state index contributed by atoms with van der Waals surface area (Å²) < 4.78 is 1.66. The number of benzene rings is 1. The van der Waals surface area contributed by atoms with Gasteiger partial charge in [0.25, 0.3) is 11.6 Å². The van der Waals surface area contributed by atoms with E-state index in [4.69, 9.17) is 0 Å². The summed E-state index contributed by atoms with van der Waals surface area (Å²) in [6.07, 6.45) is 3.26. The molecule has 0 atom stereocenters. The molecule has 0 aliphatic carbocycles. The van der Waals surface area contributed by atoms with E-state index in [1.807, 2.05) is 0 Å². The van der Waals surface area contributed by atoms with Crippen molar-refractivity contribution in [2.75, 3.05) is 5.32 Å². The molecule has 0 bridgehead atoms. The second-order valence-corrected chi connectivity index (χ2v) is 3.62. The van der Waals surface area contributed by atoms with Gasteiger partial charge in [-0.15, -0.1) is 0 Å². The minimum absolute atomic E-state index is 0.0523. The van der Waals surface area contributed by atoms with Gasteiger partial charge in [0.05, 0.1) is 4.92 Å². The summed E-state index contributed by atoms with van der Waals surface area (Å²) >= 11 is 0. The van der Waals surface area contributed by atoms with Gasteiger partial charge in [0.2, 0.25) is 5.95 Å². The summed E-state index contributed by atoms with van der Waals surface area (Å²) in [5.74, 6) is 0.0533. The van der Waals surface area contributed by atoms with Gasteiger partial charge < -0.3 is 4.57 Å². The third-order valence-electron chi connectivity index (χ3n) is 2.39. The van der Waals surface area contributed by atoms with Gasteiger partial charge in [-0.05, 0) is 12.1 Å². The maximum atomic E-state index is 11.8. The molecule has 1 heterocycles. The van der Waals surface area contributed by atoms with E-state index in [0.29, 0.717) is 11.5 Å². The molecule has 0 radical (unpaired) electrons. The minimum atomic E-state index is -0.513. The molecule has 0 aliphatic rings. The van der Waals surface area contributed by atoms with Crippen LogP contribution in [0.4, 0.5) is 11.6 Å². The summed E-state index contributed by atoms with van der Waals surface area (Å²) in [6, 6.07) is 5.37. The van der Waals surface area contributed by atoms with Crippen LogP contribution in [0.3, 0.4) is 0 Å². The molecule has 7 nitrogen and oxygen atoms in total. The van der Waals surface area contributed by atoms with Crippen LogP contribution >= 0.6 is 0 Å². The van der Waals surface area contributed by atoms with Crippen molar-refractivity contribution in [3.05, 3.63) is 52.3 Å². The topological polar surface area (TPSA) is 90.1 Å². The van der Waals surface area contributed by atoms with Crippen molar-refractivity contribution in [3.8, 4) is 0 Å². The van der Waals surface area contributed by atoms with Crippen molar-refractivity contribution in [1.82, 2.24) is 9.55 Å². The first-order valence-electron chi connectivity index (χ1n) is 5.11. The highest BCUT2D eigenvalue weighted by Crippen LogP contribution is 2.13. The highest BCUT2D eigenvalue weighted by molar-refractivity contribution is 6.03. The van der Waals surface area contributed by atoms with E-state index >= 15 is 0 Å². The molecular formula is C11H10N4O3. The molecule has 18 heavy (non-hydrogen) atoms. The Morgan fingerprint density at radius 2 is 2.06 bits per heavy atom. The molecule has 2 aromatic rings. The van der Waals surface area contributed by atoms with Crippen LogP contribution in [0.1, 0.15) is 10.4 Å². The summed E-state index contributed by atoms with van der Waals surface area (Å²) in [6.45, 7) is 0.